The average molecular weight is 738 g/mol. The number of ketones is 2. The van der Waals surface area contributed by atoms with Crippen LogP contribution in [0.2, 0.25) is 0 Å². The third-order valence-electron chi connectivity index (χ3n) is 9.62. The fourth-order valence-electron chi connectivity index (χ4n) is 6.36. The molecule has 4 rings (SSSR count). The maximum atomic E-state index is 13.8. The van der Waals surface area contributed by atoms with E-state index in [0.717, 1.165) is 21.9 Å². The summed E-state index contributed by atoms with van der Waals surface area (Å²) in [6.45, 7) is 7.46. The number of imidazole rings is 1. The van der Waals surface area contributed by atoms with Crippen molar-refractivity contribution in [3.05, 3.63) is 102 Å². The van der Waals surface area contributed by atoms with Gasteiger partial charge in [-0.15, -0.1) is 0 Å². The summed E-state index contributed by atoms with van der Waals surface area (Å²) in [5.41, 5.74) is 7.93. The fraction of sp³-hybridized carbons (Fsp3) is 0.405. The number of amides is 3. The highest BCUT2D eigenvalue weighted by Gasteiger charge is 2.36. The van der Waals surface area contributed by atoms with Gasteiger partial charge in [0.25, 0.3) is 5.91 Å². The third kappa shape index (κ3) is 12.2. The topological polar surface area (TPSA) is 190 Å². The minimum absolute atomic E-state index is 0.0266. The summed E-state index contributed by atoms with van der Waals surface area (Å²) in [5, 5.41) is 7.34. The average Bonchev–Trinajstić information content (AvgIpc) is 3.68. The van der Waals surface area contributed by atoms with Gasteiger partial charge in [-0.1, -0.05) is 107 Å². The Bertz CT molecular complexity index is 1890. The van der Waals surface area contributed by atoms with Crippen molar-refractivity contribution in [2.24, 2.45) is 29.4 Å². The van der Waals surface area contributed by atoms with E-state index in [-0.39, 0.29) is 38.2 Å². The van der Waals surface area contributed by atoms with Crippen LogP contribution < -0.4 is 16.4 Å². The molecule has 0 spiro atoms. The molecule has 1 unspecified atom stereocenters. The van der Waals surface area contributed by atoms with Crippen LogP contribution in [-0.4, -0.2) is 57.3 Å². The lowest BCUT2D eigenvalue weighted by atomic mass is 9.89. The molecular weight excluding hydrogens is 686 g/mol. The van der Waals surface area contributed by atoms with Crippen molar-refractivity contribution in [1.29, 1.82) is 0 Å². The van der Waals surface area contributed by atoms with E-state index in [4.69, 9.17) is 10.5 Å². The van der Waals surface area contributed by atoms with Crippen molar-refractivity contribution in [3.8, 4) is 0 Å². The molecule has 3 aromatic carbocycles. The van der Waals surface area contributed by atoms with E-state index < -0.39 is 65.1 Å². The molecule has 1 aromatic heterocycles. The summed E-state index contributed by atoms with van der Waals surface area (Å²) < 4.78 is 5.43. The van der Waals surface area contributed by atoms with Gasteiger partial charge in [0.2, 0.25) is 17.6 Å². The second kappa shape index (κ2) is 20.0. The molecule has 0 aliphatic carbocycles. The zero-order valence-corrected chi connectivity index (χ0v) is 31.4. The van der Waals surface area contributed by atoms with Crippen LogP contribution in [-0.2, 0) is 53.0 Å². The molecule has 0 radical (unpaired) electrons. The summed E-state index contributed by atoms with van der Waals surface area (Å²) >= 11 is 0. The van der Waals surface area contributed by atoms with E-state index in [1.807, 2.05) is 93.6 Å². The van der Waals surface area contributed by atoms with Crippen molar-refractivity contribution >= 4 is 46.0 Å². The highest BCUT2D eigenvalue weighted by atomic mass is 16.5. The summed E-state index contributed by atoms with van der Waals surface area (Å²) in [6, 6.07) is 20.3. The Kier molecular flexibility index (Phi) is 15.2. The van der Waals surface area contributed by atoms with E-state index in [9.17, 15) is 28.8 Å². The van der Waals surface area contributed by atoms with Crippen LogP contribution in [0.1, 0.15) is 70.2 Å². The van der Waals surface area contributed by atoms with Gasteiger partial charge >= 0.3 is 5.97 Å². The second-order valence-electron chi connectivity index (χ2n) is 14.4. The molecule has 5 atom stereocenters. The van der Waals surface area contributed by atoms with E-state index in [0.29, 0.717) is 18.5 Å². The number of nitrogens with one attached hydrogen (secondary N) is 3. The Morgan fingerprint density at radius 2 is 1.52 bits per heavy atom. The largest absolute Gasteiger partial charge is 0.461 e. The SMILES string of the molecule is CC[C@H](C)C(NC(=O)[C@@H](CC(=O)OCc1ccccc1)CC(C)C)C(=O)C(=O)N[C@@H](Cc1cnc[nH]1)C(=O)C[C@@H](Cc1ccc2ccccc2c1)C(N)=O. The van der Waals surface area contributed by atoms with Gasteiger partial charge in [0.05, 0.1) is 24.8 Å². The monoisotopic (exact) mass is 737 g/mol. The molecule has 0 saturated carbocycles. The summed E-state index contributed by atoms with van der Waals surface area (Å²) in [6.07, 6.45) is 3.41. The maximum absolute atomic E-state index is 13.8. The lowest BCUT2D eigenvalue weighted by Gasteiger charge is -2.27. The molecule has 12 heteroatoms. The zero-order chi connectivity index (χ0) is 39.2. The number of aromatic amines is 1. The van der Waals surface area contributed by atoms with Crippen LogP contribution in [0.5, 0.6) is 0 Å². The third-order valence-corrected chi connectivity index (χ3v) is 9.62. The van der Waals surface area contributed by atoms with Crippen LogP contribution in [0.15, 0.2) is 85.3 Å². The van der Waals surface area contributed by atoms with Crippen molar-refractivity contribution in [3.63, 3.8) is 0 Å². The molecule has 5 N–H and O–H groups in total. The number of hydrogen-bond acceptors (Lipinski definition) is 8. The van der Waals surface area contributed by atoms with Gasteiger partial charge in [0.15, 0.2) is 5.78 Å². The number of rotatable bonds is 21. The van der Waals surface area contributed by atoms with Gasteiger partial charge in [-0.3, -0.25) is 28.8 Å². The van der Waals surface area contributed by atoms with Gasteiger partial charge in [0.1, 0.15) is 6.61 Å². The number of fused-ring (bicyclic) bond motifs is 1. The number of esters is 1. The molecular formula is C42H51N5O7. The molecule has 0 fully saturated rings. The lowest BCUT2D eigenvalue weighted by molar-refractivity contribution is -0.149. The van der Waals surface area contributed by atoms with Crippen LogP contribution in [0.4, 0.5) is 0 Å². The number of carbonyl (C=O) groups excluding carboxylic acids is 6. The number of nitrogens with two attached hydrogens (primary N) is 1. The zero-order valence-electron chi connectivity index (χ0n) is 31.4. The number of carbonyl (C=O) groups is 6. The van der Waals surface area contributed by atoms with Crippen molar-refractivity contribution in [2.45, 2.75) is 84.9 Å². The molecule has 0 saturated heterocycles. The molecule has 3 amide bonds. The summed E-state index contributed by atoms with van der Waals surface area (Å²) in [4.78, 5) is 87.3. The number of aromatic nitrogens is 2. The molecule has 54 heavy (non-hydrogen) atoms. The molecule has 0 bridgehead atoms. The predicted molar refractivity (Wildman–Crippen MR) is 204 cm³/mol. The van der Waals surface area contributed by atoms with E-state index in [1.165, 1.54) is 12.5 Å². The first-order valence-electron chi connectivity index (χ1n) is 18.5. The molecule has 12 nitrogen and oxygen atoms in total. The molecule has 0 aliphatic rings. The van der Waals surface area contributed by atoms with Crippen molar-refractivity contribution in [2.75, 3.05) is 0 Å². The Hall–Kier alpha value is -5.65. The van der Waals surface area contributed by atoms with E-state index >= 15 is 0 Å². The highest BCUT2D eigenvalue weighted by Crippen LogP contribution is 2.22. The maximum Gasteiger partial charge on any atom is 0.306 e. The first-order valence-corrected chi connectivity index (χ1v) is 18.5. The number of hydrogen-bond donors (Lipinski definition) is 4. The standard InChI is InChI=1S/C42H51N5O7/c1-5-27(4)38(47-41(52)33(17-26(2)3)21-37(49)54-24-28-11-7-6-8-12-28)39(50)42(53)46-35(22-34-23-44-25-45-34)36(48)20-32(40(43)51)19-29-15-16-30-13-9-10-14-31(30)18-29/h6-16,18,23,25-27,32-33,35,38H,5,17,19-22,24H2,1-4H3,(H2,43,51)(H,44,45)(H,46,53)(H,47,52)/t27-,32+,33+,35-,38?/m0/s1. The van der Waals surface area contributed by atoms with Gasteiger partial charge < -0.3 is 26.1 Å². The summed E-state index contributed by atoms with van der Waals surface area (Å²) in [7, 11) is 0. The number of Topliss-reactive ketones (excluding diaryl/α,β-unsaturated/α-hetero) is 2. The van der Waals surface area contributed by atoms with Gasteiger partial charge in [0, 0.05) is 36.6 Å². The predicted octanol–water partition coefficient (Wildman–Crippen LogP) is 4.79. The van der Waals surface area contributed by atoms with Crippen LogP contribution in [0.3, 0.4) is 0 Å². The molecule has 1 heterocycles. The van der Waals surface area contributed by atoms with E-state index in [1.54, 1.807) is 6.92 Å². The van der Waals surface area contributed by atoms with Crippen molar-refractivity contribution in [1.82, 2.24) is 20.6 Å². The quantitative estimate of drug-likeness (QED) is 0.0693. The minimum atomic E-state index is -1.23. The lowest BCUT2D eigenvalue weighted by Crippen LogP contribution is -2.55. The summed E-state index contributed by atoms with van der Waals surface area (Å²) in [5.74, 6) is -6.36. The first kappa shape index (κ1) is 41.1. The van der Waals surface area contributed by atoms with Crippen LogP contribution in [0, 0.1) is 23.7 Å². The van der Waals surface area contributed by atoms with Crippen molar-refractivity contribution < 1.29 is 33.5 Å². The van der Waals surface area contributed by atoms with Gasteiger partial charge in [-0.05, 0) is 46.6 Å². The first-order chi connectivity index (χ1) is 25.8. The second-order valence-corrected chi connectivity index (χ2v) is 14.4. The smallest absolute Gasteiger partial charge is 0.306 e. The Labute approximate surface area is 316 Å². The Morgan fingerprint density at radius 1 is 0.815 bits per heavy atom. The number of nitrogens with zero attached hydrogens (tertiary/aromatic N) is 1. The Balaban J connectivity index is 1.47. The normalized spacial score (nSPS) is 14.0. The number of ether oxygens (including phenoxy) is 1. The van der Waals surface area contributed by atoms with E-state index in [2.05, 4.69) is 20.6 Å². The van der Waals surface area contributed by atoms with Crippen LogP contribution >= 0.6 is 0 Å². The molecule has 4 aromatic rings. The number of primary amides is 1. The fourth-order valence-corrected chi connectivity index (χ4v) is 6.36. The molecule has 0 aliphatic heterocycles. The number of benzene rings is 3. The molecule has 286 valence electrons. The highest BCUT2D eigenvalue weighted by molar-refractivity contribution is 6.39. The minimum Gasteiger partial charge on any atom is -0.461 e. The van der Waals surface area contributed by atoms with Crippen LogP contribution in [0.25, 0.3) is 10.8 Å². The number of H-pyrrole nitrogens is 1. The van der Waals surface area contributed by atoms with Gasteiger partial charge in [-0.25, -0.2) is 4.98 Å². The van der Waals surface area contributed by atoms with Gasteiger partial charge in [-0.2, -0.15) is 0 Å². The Morgan fingerprint density at radius 3 is 2.17 bits per heavy atom.